The smallest absolute Gasteiger partial charge is 0.328 e. The summed E-state index contributed by atoms with van der Waals surface area (Å²) in [7, 11) is 1.15. The van der Waals surface area contributed by atoms with Crippen LogP contribution in [0.5, 0.6) is 0 Å². The van der Waals surface area contributed by atoms with Gasteiger partial charge in [-0.2, -0.15) is 0 Å². The Bertz CT molecular complexity index is 855. The van der Waals surface area contributed by atoms with E-state index in [2.05, 4.69) is 10.1 Å². The predicted molar refractivity (Wildman–Crippen MR) is 90.8 cm³/mol. The monoisotopic (exact) mass is 378 g/mol. The van der Waals surface area contributed by atoms with Crippen molar-refractivity contribution < 1.29 is 28.0 Å². The minimum Gasteiger partial charge on any atom is -0.467 e. The van der Waals surface area contributed by atoms with Gasteiger partial charge in [-0.05, 0) is 17.2 Å². The van der Waals surface area contributed by atoms with Gasteiger partial charge >= 0.3 is 5.97 Å². The fraction of sp³-hybridized carbons (Fsp3) is 0.222. The molecule has 0 spiro atoms. The molecule has 27 heavy (non-hydrogen) atoms. The Hall–Kier alpha value is -3.36. The summed E-state index contributed by atoms with van der Waals surface area (Å²) in [5.41, 5.74) is 0.432. The van der Waals surface area contributed by atoms with Gasteiger partial charge in [-0.1, -0.05) is 18.2 Å². The number of methoxy groups -OCH3 is 1. The molecule has 0 bridgehead atoms. The average Bonchev–Trinajstić information content (AvgIpc) is 2.63. The van der Waals surface area contributed by atoms with Gasteiger partial charge in [0.25, 0.3) is 5.69 Å². The van der Waals surface area contributed by atoms with Crippen LogP contribution in [0.2, 0.25) is 0 Å². The zero-order valence-electron chi connectivity index (χ0n) is 14.3. The lowest BCUT2D eigenvalue weighted by Gasteiger charge is -2.17. The van der Waals surface area contributed by atoms with Crippen molar-refractivity contribution in [2.45, 2.75) is 18.9 Å². The van der Waals surface area contributed by atoms with Crippen molar-refractivity contribution >= 4 is 17.6 Å². The van der Waals surface area contributed by atoms with E-state index in [4.69, 9.17) is 0 Å². The molecule has 0 aromatic heterocycles. The summed E-state index contributed by atoms with van der Waals surface area (Å²) < 4.78 is 31.2. The molecule has 0 aliphatic carbocycles. The molecule has 9 heteroatoms. The Labute approximate surface area is 153 Å². The van der Waals surface area contributed by atoms with Crippen molar-refractivity contribution in [3.63, 3.8) is 0 Å². The lowest BCUT2D eigenvalue weighted by Crippen LogP contribution is -2.43. The third kappa shape index (κ3) is 5.56. The molecule has 7 nitrogen and oxygen atoms in total. The van der Waals surface area contributed by atoms with Crippen LogP contribution in [0.4, 0.5) is 14.5 Å². The zero-order valence-corrected chi connectivity index (χ0v) is 14.3. The van der Waals surface area contributed by atoms with Crippen molar-refractivity contribution in [1.82, 2.24) is 5.32 Å². The summed E-state index contributed by atoms with van der Waals surface area (Å²) in [5, 5.41) is 13.1. The van der Waals surface area contributed by atoms with Gasteiger partial charge < -0.3 is 10.1 Å². The second-order valence-electron chi connectivity index (χ2n) is 5.68. The number of nitrogens with zero attached hydrogens (tertiary/aromatic N) is 1. The number of hydrogen-bond acceptors (Lipinski definition) is 5. The van der Waals surface area contributed by atoms with Gasteiger partial charge in [0.1, 0.15) is 17.7 Å². The molecule has 2 aromatic rings. The van der Waals surface area contributed by atoms with Gasteiger partial charge in [-0.25, -0.2) is 13.6 Å². The lowest BCUT2D eigenvalue weighted by molar-refractivity contribution is -0.384. The molecule has 1 N–H and O–H groups in total. The maximum absolute atomic E-state index is 13.7. The maximum atomic E-state index is 13.7. The normalized spacial score (nSPS) is 11.5. The Balaban J connectivity index is 2.08. The predicted octanol–water partition coefficient (Wildman–Crippen LogP) is 2.32. The highest BCUT2D eigenvalue weighted by Crippen LogP contribution is 2.14. The van der Waals surface area contributed by atoms with Gasteiger partial charge in [-0.15, -0.1) is 0 Å². The van der Waals surface area contributed by atoms with Gasteiger partial charge in [0.2, 0.25) is 5.91 Å². The summed E-state index contributed by atoms with van der Waals surface area (Å²) in [4.78, 5) is 34.2. The number of non-ortho nitro benzene ring substituents is 1. The van der Waals surface area contributed by atoms with Crippen LogP contribution in [0.25, 0.3) is 0 Å². The van der Waals surface area contributed by atoms with Crippen molar-refractivity contribution in [3.05, 3.63) is 75.3 Å². The molecule has 0 unspecified atom stereocenters. The summed E-state index contributed by atoms with van der Waals surface area (Å²) in [6.07, 6.45) is -0.359. The second-order valence-corrected chi connectivity index (χ2v) is 5.68. The highest BCUT2D eigenvalue weighted by molar-refractivity contribution is 5.85. The van der Waals surface area contributed by atoms with Gasteiger partial charge in [0.05, 0.1) is 18.5 Å². The number of nitro groups is 1. The van der Waals surface area contributed by atoms with E-state index in [1.165, 1.54) is 24.3 Å². The van der Waals surface area contributed by atoms with Crippen LogP contribution in [0.1, 0.15) is 11.1 Å². The average molecular weight is 378 g/mol. The number of nitrogens with one attached hydrogen (secondary N) is 1. The minimum absolute atomic E-state index is 0.0205. The SMILES string of the molecule is COC(=O)[C@@H](Cc1ccc([N+](=O)[O-])cc1)NC(=O)Cc1ccc(F)cc1F. The molecule has 0 saturated heterocycles. The Morgan fingerprint density at radius 2 is 1.85 bits per heavy atom. The second kappa shape index (κ2) is 8.84. The lowest BCUT2D eigenvalue weighted by atomic mass is 10.0. The Morgan fingerprint density at radius 1 is 1.19 bits per heavy atom. The van der Waals surface area contributed by atoms with Crippen molar-refractivity contribution in [1.29, 1.82) is 0 Å². The molecule has 0 fully saturated rings. The number of ether oxygens (including phenoxy) is 1. The van der Waals surface area contributed by atoms with Crippen LogP contribution in [-0.2, 0) is 27.2 Å². The number of benzene rings is 2. The highest BCUT2D eigenvalue weighted by Gasteiger charge is 2.23. The summed E-state index contributed by atoms with van der Waals surface area (Å²) >= 11 is 0. The van der Waals surface area contributed by atoms with E-state index in [1.807, 2.05) is 0 Å². The number of carbonyl (C=O) groups excluding carboxylic acids is 2. The molecule has 2 aromatic carbocycles. The first kappa shape index (κ1) is 20.0. The number of esters is 1. The van der Waals surface area contributed by atoms with E-state index in [9.17, 15) is 28.5 Å². The molecule has 0 aliphatic rings. The number of carbonyl (C=O) groups is 2. The number of rotatable bonds is 7. The van der Waals surface area contributed by atoms with E-state index in [-0.39, 0.29) is 24.1 Å². The number of halogens is 2. The molecule has 0 heterocycles. The maximum Gasteiger partial charge on any atom is 0.328 e. The van der Waals surface area contributed by atoms with Crippen molar-refractivity contribution in [2.24, 2.45) is 0 Å². The van der Waals surface area contributed by atoms with E-state index >= 15 is 0 Å². The van der Waals surface area contributed by atoms with Crippen LogP contribution < -0.4 is 5.32 Å². The van der Waals surface area contributed by atoms with Gasteiger partial charge in [0, 0.05) is 24.6 Å². The quantitative estimate of drug-likeness (QED) is 0.453. The van der Waals surface area contributed by atoms with Crippen LogP contribution in [0.3, 0.4) is 0 Å². The zero-order chi connectivity index (χ0) is 20.0. The standard InChI is InChI=1S/C18H16F2N2O5/c1-27-18(24)16(8-11-2-6-14(7-3-11)22(25)26)21-17(23)9-12-4-5-13(19)10-15(12)20/h2-7,10,16H,8-9H2,1H3,(H,21,23)/t16-/m1/s1. The van der Waals surface area contributed by atoms with E-state index in [1.54, 1.807) is 0 Å². The molecule has 2 rings (SSSR count). The topological polar surface area (TPSA) is 98.5 Å². The fourth-order valence-electron chi connectivity index (χ4n) is 2.41. The number of hydrogen-bond donors (Lipinski definition) is 1. The summed E-state index contributed by atoms with van der Waals surface area (Å²) in [5.74, 6) is -3.00. The van der Waals surface area contributed by atoms with E-state index in [0.717, 1.165) is 19.2 Å². The van der Waals surface area contributed by atoms with Crippen LogP contribution in [0.15, 0.2) is 42.5 Å². The number of amides is 1. The minimum atomic E-state index is -1.06. The molecule has 142 valence electrons. The van der Waals surface area contributed by atoms with Crippen molar-refractivity contribution in [3.8, 4) is 0 Å². The van der Waals surface area contributed by atoms with E-state index < -0.39 is 34.5 Å². The molecular weight excluding hydrogens is 362 g/mol. The number of nitro benzene ring substituents is 1. The van der Waals surface area contributed by atoms with Gasteiger partial charge in [0.15, 0.2) is 0 Å². The molecule has 0 radical (unpaired) electrons. The fourth-order valence-corrected chi connectivity index (χ4v) is 2.41. The molecular formula is C18H16F2N2O5. The molecule has 1 atom stereocenters. The Kier molecular flexibility index (Phi) is 6.53. The molecule has 0 aliphatic heterocycles. The summed E-state index contributed by atoms with van der Waals surface area (Å²) in [6, 6.07) is 7.25. The summed E-state index contributed by atoms with van der Waals surface area (Å²) in [6.45, 7) is 0. The Morgan fingerprint density at radius 3 is 2.41 bits per heavy atom. The largest absolute Gasteiger partial charge is 0.467 e. The highest BCUT2D eigenvalue weighted by atomic mass is 19.1. The van der Waals surface area contributed by atoms with Gasteiger partial charge in [-0.3, -0.25) is 14.9 Å². The van der Waals surface area contributed by atoms with Crippen LogP contribution in [-0.4, -0.2) is 30.0 Å². The molecule has 0 saturated carbocycles. The van der Waals surface area contributed by atoms with Crippen molar-refractivity contribution in [2.75, 3.05) is 7.11 Å². The third-order valence-corrected chi connectivity index (χ3v) is 3.77. The first-order valence-electron chi connectivity index (χ1n) is 7.84. The third-order valence-electron chi connectivity index (χ3n) is 3.77. The first-order valence-corrected chi connectivity index (χ1v) is 7.84. The van der Waals surface area contributed by atoms with Crippen LogP contribution >= 0.6 is 0 Å². The first-order chi connectivity index (χ1) is 12.8. The van der Waals surface area contributed by atoms with Crippen LogP contribution in [0, 0.1) is 21.7 Å². The van der Waals surface area contributed by atoms with E-state index in [0.29, 0.717) is 11.6 Å². The molecule has 1 amide bonds.